The fourth-order valence-corrected chi connectivity index (χ4v) is 6.08. The fourth-order valence-electron chi connectivity index (χ4n) is 4.38. The molecule has 2 aromatic carbocycles. The zero-order chi connectivity index (χ0) is 21.8. The van der Waals surface area contributed by atoms with Crippen LogP contribution < -0.4 is 5.14 Å². The van der Waals surface area contributed by atoms with Gasteiger partial charge in [-0.15, -0.1) is 11.3 Å². The number of nitrogens with zero attached hydrogens (tertiary/aromatic N) is 2. The summed E-state index contributed by atoms with van der Waals surface area (Å²) in [7, 11) is -3.78. The summed E-state index contributed by atoms with van der Waals surface area (Å²) in [5.74, 6) is 1.19. The van der Waals surface area contributed by atoms with Crippen molar-refractivity contribution in [1.29, 1.82) is 0 Å². The van der Waals surface area contributed by atoms with Crippen LogP contribution in [0.25, 0.3) is 21.7 Å². The molecule has 3 aromatic rings. The van der Waals surface area contributed by atoms with Gasteiger partial charge < -0.3 is 4.90 Å². The van der Waals surface area contributed by atoms with Crippen LogP contribution >= 0.6 is 22.9 Å². The van der Waals surface area contributed by atoms with Crippen molar-refractivity contribution >= 4 is 38.9 Å². The molecule has 1 saturated carbocycles. The van der Waals surface area contributed by atoms with Crippen molar-refractivity contribution in [3.8, 4) is 21.7 Å². The lowest BCUT2D eigenvalue weighted by Gasteiger charge is -2.46. The van der Waals surface area contributed by atoms with Gasteiger partial charge in [0.05, 0.1) is 15.5 Å². The summed E-state index contributed by atoms with van der Waals surface area (Å²) in [6.07, 6.45) is 2.44. The molecule has 1 aromatic heterocycles. The standard InChI is InChI=1S/C22H20ClN3O3S2/c23-17-5-1-15(2-6-17)19-20(16-3-7-18(8-4-16)31(24,28)29)30-21(25-19)22(27)26-11-13-9-14(10-13)12-26/h1-8,13-14H,9-12H2,(H2,24,28,29). The maximum absolute atomic E-state index is 13.2. The molecule has 3 heterocycles. The predicted molar refractivity (Wildman–Crippen MR) is 121 cm³/mol. The van der Waals surface area contributed by atoms with E-state index >= 15 is 0 Å². The summed E-state index contributed by atoms with van der Waals surface area (Å²) < 4.78 is 23.2. The monoisotopic (exact) mass is 473 g/mol. The molecule has 0 atom stereocenters. The second kappa shape index (κ2) is 7.70. The lowest BCUT2D eigenvalue weighted by molar-refractivity contribution is 0.0229. The summed E-state index contributed by atoms with van der Waals surface area (Å²) >= 11 is 7.37. The highest BCUT2D eigenvalue weighted by Gasteiger charge is 2.39. The Kier molecular flexibility index (Phi) is 5.13. The number of rotatable bonds is 4. The van der Waals surface area contributed by atoms with Gasteiger partial charge in [-0.05, 0) is 54.5 Å². The number of hydrogen-bond donors (Lipinski definition) is 1. The van der Waals surface area contributed by atoms with Gasteiger partial charge in [0.25, 0.3) is 5.91 Å². The second-order valence-electron chi connectivity index (χ2n) is 8.19. The Morgan fingerprint density at radius 2 is 1.58 bits per heavy atom. The first kappa shape index (κ1) is 20.6. The van der Waals surface area contributed by atoms with Crippen LogP contribution in [0.1, 0.15) is 22.6 Å². The minimum Gasteiger partial charge on any atom is -0.336 e. The van der Waals surface area contributed by atoms with Crippen LogP contribution in [-0.4, -0.2) is 37.3 Å². The third-order valence-electron chi connectivity index (χ3n) is 5.95. The van der Waals surface area contributed by atoms with Crippen LogP contribution in [0.15, 0.2) is 53.4 Å². The van der Waals surface area contributed by atoms with E-state index in [-0.39, 0.29) is 10.8 Å². The molecule has 2 aliphatic heterocycles. The third kappa shape index (κ3) is 4.01. The van der Waals surface area contributed by atoms with Gasteiger partial charge in [0.1, 0.15) is 0 Å². The van der Waals surface area contributed by atoms with Gasteiger partial charge in [-0.25, -0.2) is 18.5 Å². The molecule has 3 fully saturated rings. The van der Waals surface area contributed by atoms with Gasteiger partial charge in [0.15, 0.2) is 5.01 Å². The number of aromatic nitrogens is 1. The average Bonchev–Trinajstić information content (AvgIpc) is 3.18. The molecule has 160 valence electrons. The molecule has 0 radical (unpaired) electrons. The third-order valence-corrected chi connectivity index (χ3v) is 8.22. The molecule has 2 bridgehead atoms. The summed E-state index contributed by atoms with van der Waals surface area (Å²) in [4.78, 5) is 20.7. The highest BCUT2D eigenvalue weighted by atomic mass is 35.5. The van der Waals surface area contributed by atoms with E-state index in [1.54, 1.807) is 24.3 Å². The fraction of sp³-hybridized carbons (Fsp3) is 0.273. The molecule has 9 heteroatoms. The number of halogens is 1. The number of thiazole rings is 1. The lowest BCUT2D eigenvalue weighted by Crippen LogP contribution is -2.50. The largest absolute Gasteiger partial charge is 0.336 e. The maximum Gasteiger partial charge on any atom is 0.282 e. The molecule has 31 heavy (non-hydrogen) atoms. The van der Waals surface area contributed by atoms with Crippen molar-refractivity contribution in [3.05, 3.63) is 58.6 Å². The number of hydrogen-bond acceptors (Lipinski definition) is 5. The van der Waals surface area contributed by atoms with Gasteiger partial charge in [-0.2, -0.15) is 0 Å². The van der Waals surface area contributed by atoms with E-state index < -0.39 is 10.0 Å². The first-order chi connectivity index (χ1) is 14.8. The number of nitrogens with two attached hydrogens (primary N) is 1. The van der Waals surface area contributed by atoms with E-state index in [0.29, 0.717) is 27.6 Å². The second-order valence-corrected chi connectivity index (χ2v) is 11.2. The summed E-state index contributed by atoms with van der Waals surface area (Å²) in [5, 5.41) is 6.28. The smallest absolute Gasteiger partial charge is 0.282 e. The highest BCUT2D eigenvalue weighted by Crippen LogP contribution is 2.42. The Labute approximate surface area is 189 Å². The first-order valence-electron chi connectivity index (χ1n) is 9.97. The first-order valence-corrected chi connectivity index (χ1v) is 12.7. The number of primary sulfonamides is 1. The zero-order valence-electron chi connectivity index (χ0n) is 16.5. The molecule has 3 aliphatic rings. The molecule has 2 saturated heterocycles. The van der Waals surface area contributed by atoms with Crippen LogP contribution in [0, 0.1) is 11.8 Å². The number of benzene rings is 2. The number of amides is 1. The summed E-state index contributed by atoms with van der Waals surface area (Å²) in [5.41, 5.74) is 2.29. The number of carbonyl (C=O) groups is 1. The number of fused-ring (bicyclic) bond motifs is 2. The van der Waals surface area contributed by atoms with E-state index in [9.17, 15) is 13.2 Å². The topological polar surface area (TPSA) is 93.4 Å². The van der Waals surface area contributed by atoms with Crippen molar-refractivity contribution in [3.63, 3.8) is 0 Å². The van der Waals surface area contributed by atoms with Crippen LogP contribution in [-0.2, 0) is 10.0 Å². The van der Waals surface area contributed by atoms with Crippen molar-refractivity contribution in [1.82, 2.24) is 9.88 Å². The Balaban J connectivity index is 1.55. The molecular formula is C22H20ClN3O3S2. The molecular weight excluding hydrogens is 454 g/mol. The molecule has 1 aliphatic carbocycles. The van der Waals surface area contributed by atoms with Gasteiger partial charge in [0, 0.05) is 23.7 Å². The SMILES string of the molecule is NS(=O)(=O)c1ccc(-c2sc(C(=O)N3CC4CC(C4)C3)nc2-c2ccc(Cl)cc2)cc1. The number of sulfonamides is 1. The van der Waals surface area contributed by atoms with E-state index in [1.807, 2.05) is 17.0 Å². The highest BCUT2D eigenvalue weighted by molar-refractivity contribution is 7.89. The van der Waals surface area contributed by atoms with Gasteiger partial charge in [-0.1, -0.05) is 35.9 Å². The van der Waals surface area contributed by atoms with Crippen molar-refractivity contribution < 1.29 is 13.2 Å². The number of carbonyl (C=O) groups excluding carboxylic acids is 1. The molecule has 0 unspecified atom stereocenters. The van der Waals surface area contributed by atoms with Crippen LogP contribution in [0.2, 0.25) is 5.02 Å². The van der Waals surface area contributed by atoms with Gasteiger partial charge >= 0.3 is 0 Å². The Morgan fingerprint density at radius 3 is 2.16 bits per heavy atom. The molecule has 6 nitrogen and oxygen atoms in total. The Hall–Kier alpha value is -2.26. The van der Waals surface area contributed by atoms with Crippen molar-refractivity contribution in [2.75, 3.05) is 13.1 Å². The molecule has 1 amide bonds. The predicted octanol–water partition coefficient (Wildman–Crippen LogP) is 4.26. The van der Waals surface area contributed by atoms with E-state index in [1.165, 1.54) is 36.3 Å². The number of piperidine rings is 2. The maximum atomic E-state index is 13.2. The van der Waals surface area contributed by atoms with Crippen LogP contribution in [0.5, 0.6) is 0 Å². The zero-order valence-corrected chi connectivity index (χ0v) is 18.9. The van der Waals surface area contributed by atoms with Crippen LogP contribution in [0.3, 0.4) is 0 Å². The normalized spacial score (nSPS) is 20.4. The lowest BCUT2D eigenvalue weighted by atomic mass is 9.71. The summed E-state index contributed by atoms with van der Waals surface area (Å²) in [6, 6.07) is 13.6. The van der Waals surface area contributed by atoms with Crippen molar-refractivity contribution in [2.24, 2.45) is 17.0 Å². The van der Waals surface area contributed by atoms with Gasteiger partial charge in [-0.3, -0.25) is 4.79 Å². The minimum atomic E-state index is -3.78. The Morgan fingerprint density at radius 1 is 1.00 bits per heavy atom. The molecule has 6 rings (SSSR count). The molecule has 0 spiro atoms. The quantitative estimate of drug-likeness (QED) is 0.612. The minimum absolute atomic E-state index is 0.0395. The average molecular weight is 474 g/mol. The van der Waals surface area contributed by atoms with Crippen molar-refractivity contribution in [2.45, 2.75) is 17.7 Å². The summed E-state index contributed by atoms with van der Waals surface area (Å²) in [6.45, 7) is 1.59. The van der Waals surface area contributed by atoms with Gasteiger partial charge in [0.2, 0.25) is 10.0 Å². The Bertz CT molecular complexity index is 1240. The molecule has 2 N–H and O–H groups in total. The van der Waals surface area contributed by atoms with E-state index in [4.69, 9.17) is 21.7 Å². The van der Waals surface area contributed by atoms with Crippen LogP contribution in [0.4, 0.5) is 0 Å². The van der Waals surface area contributed by atoms with E-state index in [2.05, 4.69) is 0 Å². The van der Waals surface area contributed by atoms with E-state index in [0.717, 1.165) is 29.1 Å².